The van der Waals surface area contributed by atoms with Gasteiger partial charge < -0.3 is 29.6 Å². The fourth-order valence-corrected chi connectivity index (χ4v) is 3.66. The molecular formula is C23H37N3O4. The van der Waals surface area contributed by atoms with Crippen LogP contribution in [0.2, 0.25) is 0 Å². The molecule has 7 nitrogen and oxygen atoms in total. The van der Waals surface area contributed by atoms with Crippen LogP contribution in [0.3, 0.4) is 0 Å². The molecule has 0 aromatic heterocycles. The average molecular weight is 420 g/mol. The molecular weight excluding hydrogens is 382 g/mol. The van der Waals surface area contributed by atoms with E-state index in [0.717, 1.165) is 77.6 Å². The Morgan fingerprint density at radius 3 is 2.80 bits per heavy atom. The van der Waals surface area contributed by atoms with Crippen LogP contribution in [0.4, 0.5) is 0 Å². The maximum absolute atomic E-state index is 6.03. The number of rotatable bonds is 11. The van der Waals surface area contributed by atoms with Crippen LogP contribution >= 0.6 is 0 Å². The lowest BCUT2D eigenvalue weighted by Crippen LogP contribution is -2.37. The number of guanidine groups is 1. The van der Waals surface area contributed by atoms with E-state index in [4.69, 9.17) is 18.9 Å². The van der Waals surface area contributed by atoms with Gasteiger partial charge in [-0.25, -0.2) is 0 Å². The predicted octanol–water partition coefficient (Wildman–Crippen LogP) is 2.63. The normalized spacial score (nSPS) is 20.4. The van der Waals surface area contributed by atoms with E-state index in [9.17, 15) is 0 Å². The quantitative estimate of drug-likeness (QED) is 0.326. The molecule has 1 aromatic carbocycles. The number of aliphatic imine (C=N–C) groups is 1. The second-order valence-electron chi connectivity index (χ2n) is 7.86. The van der Waals surface area contributed by atoms with Gasteiger partial charge in [0.2, 0.25) is 0 Å². The largest absolute Gasteiger partial charge is 0.381 e. The van der Waals surface area contributed by atoms with Gasteiger partial charge in [-0.15, -0.1) is 0 Å². The zero-order valence-corrected chi connectivity index (χ0v) is 18.2. The van der Waals surface area contributed by atoms with Crippen molar-refractivity contribution in [1.82, 2.24) is 10.6 Å². The SMILES string of the molecule is CN=C(NCCCOCC1CCCO1)NCc1cccc(COC2CCOCC2)c1. The Bertz CT molecular complexity index is 629. The van der Waals surface area contributed by atoms with Crippen molar-refractivity contribution in [2.75, 3.05) is 46.6 Å². The zero-order valence-electron chi connectivity index (χ0n) is 18.2. The van der Waals surface area contributed by atoms with Crippen molar-refractivity contribution in [3.63, 3.8) is 0 Å². The Balaban J connectivity index is 1.29. The van der Waals surface area contributed by atoms with Gasteiger partial charge in [0.1, 0.15) is 0 Å². The van der Waals surface area contributed by atoms with Crippen LogP contribution < -0.4 is 10.6 Å². The summed E-state index contributed by atoms with van der Waals surface area (Å²) in [7, 11) is 1.79. The Hall–Kier alpha value is -1.67. The van der Waals surface area contributed by atoms with Crippen LogP contribution in [0.15, 0.2) is 29.3 Å². The second-order valence-corrected chi connectivity index (χ2v) is 7.86. The summed E-state index contributed by atoms with van der Waals surface area (Å²) in [6, 6.07) is 8.52. The van der Waals surface area contributed by atoms with Crippen molar-refractivity contribution in [3.05, 3.63) is 35.4 Å². The van der Waals surface area contributed by atoms with Crippen LogP contribution in [-0.2, 0) is 32.1 Å². The third kappa shape index (κ3) is 8.60. The molecule has 2 aliphatic heterocycles. The summed E-state index contributed by atoms with van der Waals surface area (Å²) in [5.41, 5.74) is 2.41. The van der Waals surface area contributed by atoms with E-state index < -0.39 is 0 Å². The summed E-state index contributed by atoms with van der Waals surface area (Å²) in [6.45, 7) is 6.13. The molecule has 2 saturated heterocycles. The fourth-order valence-electron chi connectivity index (χ4n) is 3.66. The minimum absolute atomic E-state index is 0.297. The van der Waals surface area contributed by atoms with Crippen molar-refractivity contribution in [3.8, 4) is 0 Å². The number of benzene rings is 1. The van der Waals surface area contributed by atoms with Gasteiger partial charge in [-0.3, -0.25) is 4.99 Å². The number of ether oxygens (including phenoxy) is 4. The molecule has 3 rings (SSSR count). The molecule has 0 radical (unpaired) electrons. The van der Waals surface area contributed by atoms with Gasteiger partial charge >= 0.3 is 0 Å². The summed E-state index contributed by atoms with van der Waals surface area (Å²) in [6.07, 6.45) is 5.81. The lowest BCUT2D eigenvalue weighted by molar-refractivity contribution is -0.0390. The molecule has 1 atom stereocenters. The van der Waals surface area contributed by atoms with Crippen LogP contribution in [-0.4, -0.2) is 64.8 Å². The highest BCUT2D eigenvalue weighted by Crippen LogP contribution is 2.14. The average Bonchev–Trinajstić information content (AvgIpc) is 3.31. The first-order valence-electron chi connectivity index (χ1n) is 11.2. The number of hydrogen-bond donors (Lipinski definition) is 2. The third-order valence-electron chi connectivity index (χ3n) is 5.41. The highest BCUT2D eigenvalue weighted by atomic mass is 16.5. The van der Waals surface area contributed by atoms with E-state index >= 15 is 0 Å². The van der Waals surface area contributed by atoms with Gasteiger partial charge in [0.25, 0.3) is 0 Å². The molecule has 2 aliphatic rings. The lowest BCUT2D eigenvalue weighted by Gasteiger charge is -2.22. The third-order valence-corrected chi connectivity index (χ3v) is 5.41. The predicted molar refractivity (Wildman–Crippen MR) is 118 cm³/mol. The van der Waals surface area contributed by atoms with Crippen LogP contribution in [0.25, 0.3) is 0 Å². The van der Waals surface area contributed by atoms with E-state index in [1.54, 1.807) is 7.05 Å². The molecule has 168 valence electrons. The monoisotopic (exact) mass is 419 g/mol. The Morgan fingerprint density at radius 1 is 1.13 bits per heavy atom. The minimum Gasteiger partial charge on any atom is -0.381 e. The number of nitrogens with one attached hydrogen (secondary N) is 2. The molecule has 1 unspecified atom stereocenters. The lowest BCUT2D eigenvalue weighted by atomic mass is 10.1. The first-order chi connectivity index (χ1) is 14.8. The summed E-state index contributed by atoms with van der Waals surface area (Å²) >= 11 is 0. The second kappa shape index (κ2) is 13.6. The zero-order chi connectivity index (χ0) is 20.9. The highest BCUT2D eigenvalue weighted by Gasteiger charge is 2.15. The van der Waals surface area contributed by atoms with Crippen molar-refractivity contribution >= 4 is 5.96 Å². The molecule has 2 N–H and O–H groups in total. The summed E-state index contributed by atoms with van der Waals surface area (Å²) in [5, 5.41) is 6.72. The van der Waals surface area contributed by atoms with E-state index in [0.29, 0.717) is 25.4 Å². The van der Waals surface area contributed by atoms with Gasteiger partial charge in [0, 0.05) is 46.6 Å². The fraction of sp³-hybridized carbons (Fsp3) is 0.696. The van der Waals surface area contributed by atoms with Crippen molar-refractivity contribution in [2.24, 2.45) is 4.99 Å². The molecule has 0 bridgehead atoms. The number of hydrogen-bond acceptors (Lipinski definition) is 5. The Kier molecular flexibility index (Phi) is 10.4. The highest BCUT2D eigenvalue weighted by molar-refractivity contribution is 5.79. The van der Waals surface area contributed by atoms with Crippen molar-refractivity contribution in [2.45, 2.75) is 57.5 Å². The van der Waals surface area contributed by atoms with Gasteiger partial charge in [-0.1, -0.05) is 24.3 Å². The van der Waals surface area contributed by atoms with Crippen LogP contribution in [0, 0.1) is 0 Å². The van der Waals surface area contributed by atoms with Crippen molar-refractivity contribution < 1.29 is 18.9 Å². The maximum atomic E-state index is 6.03. The minimum atomic E-state index is 0.297. The summed E-state index contributed by atoms with van der Waals surface area (Å²) in [4.78, 5) is 4.30. The van der Waals surface area contributed by atoms with Gasteiger partial charge in [-0.2, -0.15) is 0 Å². The molecule has 0 spiro atoms. The van der Waals surface area contributed by atoms with Crippen LogP contribution in [0.1, 0.15) is 43.2 Å². The molecule has 0 aliphatic carbocycles. The van der Waals surface area contributed by atoms with E-state index in [1.165, 1.54) is 11.1 Å². The molecule has 1 aromatic rings. The van der Waals surface area contributed by atoms with Crippen molar-refractivity contribution in [1.29, 1.82) is 0 Å². The molecule has 30 heavy (non-hydrogen) atoms. The molecule has 0 saturated carbocycles. The first-order valence-corrected chi connectivity index (χ1v) is 11.2. The smallest absolute Gasteiger partial charge is 0.191 e. The van der Waals surface area contributed by atoms with Gasteiger partial charge in [0.05, 0.1) is 25.4 Å². The molecule has 7 heteroatoms. The molecule has 2 heterocycles. The Labute approximate surface area is 180 Å². The van der Waals surface area contributed by atoms with Gasteiger partial charge in [-0.05, 0) is 43.2 Å². The topological polar surface area (TPSA) is 73.3 Å². The standard InChI is InChI=1S/C23H37N3O4/c1-24-23(25-10-4-11-28-18-22-7-3-12-29-22)26-16-19-5-2-6-20(15-19)17-30-21-8-13-27-14-9-21/h2,5-6,15,21-22H,3-4,7-14,16-18H2,1H3,(H2,24,25,26). The molecule has 0 amide bonds. The van der Waals surface area contributed by atoms with Crippen LogP contribution in [0.5, 0.6) is 0 Å². The summed E-state index contributed by atoms with van der Waals surface area (Å²) < 4.78 is 22.7. The Morgan fingerprint density at radius 2 is 2.00 bits per heavy atom. The summed E-state index contributed by atoms with van der Waals surface area (Å²) in [5.74, 6) is 0.804. The van der Waals surface area contributed by atoms with E-state index in [2.05, 4.69) is 39.9 Å². The first kappa shape index (κ1) is 23.0. The van der Waals surface area contributed by atoms with Gasteiger partial charge in [0.15, 0.2) is 5.96 Å². The molecule has 2 fully saturated rings. The van der Waals surface area contributed by atoms with E-state index in [-0.39, 0.29) is 0 Å². The number of nitrogens with zero attached hydrogens (tertiary/aromatic N) is 1. The van der Waals surface area contributed by atoms with E-state index in [1.807, 2.05) is 0 Å². The maximum Gasteiger partial charge on any atom is 0.191 e.